The Morgan fingerprint density at radius 3 is 2.75 bits per heavy atom. The van der Waals surface area contributed by atoms with Crippen molar-refractivity contribution in [2.75, 3.05) is 50.0 Å². The predicted octanol–water partition coefficient (Wildman–Crippen LogP) is 3.06. The second kappa shape index (κ2) is 10.5. The molecule has 0 radical (unpaired) electrons. The number of pyridine rings is 1. The Morgan fingerprint density at radius 2 is 2.06 bits per heavy atom. The van der Waals surface area contributed by atoms with E-state index in [0.29, 0.717) is 23.8 Å². The lowest BCUT2D eigenvalue weighted by molar-refractivity contribution is 0.312. The van der Waals surface area contributed by atoms with Gasteiger partial charge in [0.2, 0.25) is 5.95 Å². The maximum absolute atomic E-state index is 9.67. The molecule has 1 fully saturated rings. The van der Waals surface area contributed by atoms with Gasteiger partial charge in [-0.1, -0.05) is 24.8 Å². The van der Waals surface area contributed by atoms with Crippen molar-refractivity contribution in [1.29, 1.82) is 5.26 Å². The van der Waals surface area contributed by atoms with E-state index in [1.807, 2.05) is 11.6 Å². The quantitative estimate of drug-likeness (QED) is 0.620. The van der Waals surface area contributed by atoms with Crippen molar-refractivity contribution in [3.05, 3.63) is 58.0 Å². The second-order valence-electron chi connectivity index (χ2n) is 7.81. The molecule has 166 valence electrons. The minimum absolute atomic E-state index is 0.518. The molecule has 0 aliphatic carbocycles. The summed E-state index contributed by atoms with van der Waals surface area (Å²) in [5.41, 5.74) is 3.42. The van der Waals surface area contributed by atoms with Gasteiger partial charge in [-0.05, 0) is 43.0 Å². The molecule has 8 nitrogen and oxygen atoms in total. The number of allylic oxidation sites excluding steroid dienone is 2. The normalized spacial score (nSPS) is 18.0. The van der Waals surface area contributed by atoms with Gasteiger partial charge in [-0.25, -0.2) is 15.0 Å². The van der Waals surface area contributed by atoms with E-state index in [1.54, 1.807) is 12.3 Å². The van der Waals surface area contributed by atoms with Crippen LogP contribution in [0.2, 0.25) is 0 Å². The molecule has 0 amide bonds. The first-order valence-corrected chi connectivity index (χ1v) is 11.8. The molecule has 0 bridgehead atoms. The summed E-state index contributed by atoms with van der Waals surface area (Å²) in [6.07, 6.45) is 5.35. The summed E-state index contributed by atoms with van der Waals surface area (Å²) in [7, 11) is 2.16. The van der Waals surface area contributed by atoms with Crippen LogP contribution in [0.4, 0.5) is 11.8 Å². The van der Waals surface area contributed by atoms with Gasteiger partial charge < -0.3 is 20.4 Å². The Bertz CT molecular complexity index is 1030. The predicted molar refractivity (Wildman–Crippen MR) is 130 cm³/mol. The van der Waals surface area contributed by atoms with Crippen LogP contribution in [0.3, 0.4) is 0 Å². The highest BCUT2D eigenvalue weighted by molar-refractivity contribution is 8.06. The van der Waals surface area contributed by atoms with Crippen molar-refractivity contribution in [3.8, 4) is 6.07 Å². The van der Waals surface area contributed by atoms with E-state index in [1.165, 1.54) is 11.8 Å². The lowest BCUT2D eigenvalue weighted by Crippen LogP contribution is -2.44. The number of aromatic nitrogens is 3. The third-order valence-electron chi connectivity index (χ3n) is 5.56. The Balaban J connectivity index is 1.33. The lowest BCUT2D eigenvalue weighted by atomic mass is 10.2. The summed E-state index contributed by atoms with van der Waals surface area (Å²) < 4.78 is 0. The van der Waals surface area contributed by atoms with Crippen LogP contribution in [0.5, 0.6) is 0 Å². The zero-order chi connectivity index (χ0) is 22.3. The molecule has 0 spiro atoms. The van der Waals surface area contributed by atoms with Crippen molar-refractivity contribution in [3.63, 3.8) is 0 Å². The molecular formula is C23H28N8S. The molecular weight excluding hydrogens is 420 g/mol. The van der Waals surface area contributed by atoms with Crippen LogP contribution in [0.15, 0.2) is 46.7 Å². The van der Waals surface area contributed by atoms with Crippen molar-refractivity contribution >= 4 is 29.1 Å². The number of rotatable bonds is 7. The Kier molecular flexibility index (Phi) is 7.24. The van der Waals surface area contributed by atoms with E-state index in [9.17, 15) is 5.26 Å². The maximum Gasteiger partial charge on any atom is 0.223 e. The third-order valence-corrected chi connectivity index (χ3v) is 6.50. The second-order valence-corrected chi connectivity index (χ2v) is 8.69. The van der Waals surface area contributed by atoms with Crippen molar-refractivity contribution in [2.24, 2.45) is 0 Å². The van der Waals surface area contributed by atoms with Crippen LogP contribution in [0.1, 0.15) is 24.6 Å². The van der Waals surface area contributed by atoms with Crippen LogP contribution < -0.4 is 15.5 Å². The summed E-state index contributed by atoms with van der Waals surface area (Å²) >= 11 is 1.53. The highest BCUT2D eigenvalue weighted by Crippen LogP contribution is 2.31. The van der Waals surface area contributed by atoms with Gasteiger partial charge in [-0.3, -0.25) is 0 Å². The van der Waals surface area contributed by atoms with E-state index in [4.69, 9.17) is 0 Å². The lowest BCUT2D eigenvalue weighted by Gasteiger charge is -2.33. The van der Waals surface area contributed by atoms with Gasteiger partial charge in [0, 0.05) is 50.8 Å². The van der Waals surface area contributed by atoms with Crippen molar-refractivity contribution < 1.29 is 0 Å². The number of piperazine rings is 1. The van der Waals surface area contributed by atoms with Gasteiger partial charge in [0.25, 0.3) is 0 Å². The Labute approximate surface area is 193 Å². The standard InChI is InChI=1S/C23H28N8S/c1-3-18-16-32-22(28-18)19(14-24)20-7-9-26-23(29-20)25-8-6-17-4-5-21(27-15-17)31-12-10-30(2)11-13-31/h4-5,7,9,15-16,28H,3,6,8,10-13H2,1-2H3,(H,25,26,29)/b22-19+. The smallest absolute Gasteiger partial charge is 0.223 e. The van der Waals surface area contributed by atoms with Gasteiger partial charge in [0.05, 0.1) is 10.7 Å². The number of nitriles is 1. The fourth-order valence-corrected chi connectivity index (χ4v) is 4.49. The molecule has 4 heterocycles. The average molecular weight is 449 g/mol. The Morgan fingerprint density at radius 1 is 1.22 bits per heavy atom. The highest BCUT2D eigenvalue weighted by Gasteiger charge is 2.17. The summed E-state index contributed by atoms with van der Waals surface area (Å²) in [6.45, 7) is 6.94. The summed E-state index contributed by atoms with van der Waals surface area (Å²) in [6, 6.07) is 8.29. The van der Waals surface area contributed by atoms with Crippen LogP contribution in [0, 0.1) is 11.3 Å². The first-order valence-electron chi connectivity index (χ1n) is 10.9. The molecule has 0 atom stereocenters. The molecule has 0 saturated carbocycles. The fraction of sp³-hybridized carbons (Fsp3) is 0.391. The number of likely N-dealkylation sites (N-methyl/N-ethyl adjacent to an activating group) is 1. The number of thioether (sulfide) groups is 1. The van der Waals surface area contributed by atoms with Gasteiger partial charge in [0.1, 0.15) is 17.5 Å². The summed E-state index contributed by atoms with van der Waals surface area (Å²) in [5, 5.41) is 19.1. The Hall–Kier alpha value is -3.09. The highest BCUT2D eigenvalue weighted by atomic mass is 32.2. The van der Waals surface area contributed by atoms with Crippen molar-refractivity contribution in [2.45, 2.75) is 19.8 Å². The zero-order valence-corrected chi connectivity index (χ0v) is 19.3. The maximum atomic E-state index is 9.67. The topological polar surface area (TPSA) is 93.0 Å². The first kappa shape index (κ1) is 22.1. The van der Waals surface area contributed by atoms with E-state index in [-0.39, 0.29) is 0 Å². The molecule has 0 aromatic carbocycles. The monoisotopic (exact) mass is 448 g/mol. The van der Waals surface area contributed by atoms with Gasteiger partial charge in [-0.15, -0.1) is 0 Å². The molecule has 32 heavy (non-hydrogen) atoms. The van der Waals surface area contributed by atoms with Crippen molar-refractivity contribution in [1.82, 2.24) is 25.2 Å². The zero-order valence-electron chi connectivity index (χ0n) is 18.5. The molecule has 2 aliphatic heterocycles. The van der Waals surface area contributed by atoms with Gasteiger partial charge in [-0.2, -0.15) is 5.26 Å². The van der Waals surface area contributed by atoms with E-state index in [0.717, 1.165) is 61.1 Å². The average Bonchev–Trinajstić information content (AvgIpc) is 3.30. The number of hydrogen-bond donors (Lipinski definition) is 2. The van der Waals surface area contributed by atoms with Gasteiger partial charge in [0.15, 0.2) is 0 Å². The van der Waals surface area contributed by atoms with Crippen LogP contribution in [-0.2, 0) is 6.42 Å². The fourth-order valence-electron chi connectivity index (χ4n) is 3.54. The van der Waals surface area contributed by atoms with Crippen LogP contribution in [0.25, 0.3) is 5.57 Å². The molecule has 0 unspecified atom stereocenters. The molecule has 4 rings (SSSR count). The largest absolute Gasteiger partial charge is 0.354 e. The molecule has 2 aromatic heterocycles. The van der Waals surface area contributed by atoms with Gasteiger partial charge >= 0.3 is 0 Å². The number of nitrogens with one attached hydrogen (secondary N) is 2. The molecule has 2 aliphatic rings. The summed E-state index contributed by atoms with van der Waals surface area (Å²) in [4.78, 5) is 18.2. The summed E-state index contributed by atoms with van der Waals surface area (Å²) in [5.74, 6) is 1.56. The third kappa shape index (κ3) is 5.39. The molecule has 2 aromatic rings. The number of nitrogens with zero attached hydrogens (tertiary/aromatic N) is 6. The first-order chi connectivity index (χ1) is 15.7. The molecule has 9 heteroatoms. The minimum atomic E-state index is 0.518. The molecule has 2 N–H and O–H groups in total. The number of hydrogen-bond acceptors (Lipinski definition) is 9. The molecule has 1 saturated heterocycles. The van der Waals surface area contributed by atoms with E-state index >= 15 is 0 Å². The van der Waals surface area contributed by atoms with Crippen LogP contribution >= 0.6 is 11.8 Å². The number of anilines is 2. The van der Waals surface area contributed by atoms with Crippen LogP contribution in [-0.4, -0.2) is 59.6 Å². The minimum Gasteiger partial charge on any atom is -0.354 e. The SMILES string of the molecule is CCC1=CS/C(=C(\C#N)c2ccnc(NCCc3ccc(N4CCN(C)CC4)nc3)n2)N1. The van der Waals surface area contributed by atoms with E-state index in [2.05, 4.69) is 67.6 Å². The van der Waals surface area contributed by atoms with E-state index < -0.39 is 0 Å².